The topological polar surface area (TPSA) is 29.1 Å². The van der Waals surface area contributed by atoms with Crippen LogP contribution in [0.4, 0.5) is 13.2 Å². The van der Waals surface area contributed by atoms with Gasteiger partial charge in [-0.1, -0.05) is 32.9 Å². The summed E-state index contributed by atoms with van der Waals surface area (Å²) >= 11 is 0. The number of halogens is 3. The van der Waals surface area contributed by atoms with E-state index >= 15 is 0 Å². The highest BCUT2D eigenvalue weighted by atomic mass is 19.4. The van der Waals surface area contributed by atoms with E-state index in [-0.39, 0.29) is 12.5 Å². The quantitative estimate of drug-likeness (QED) is 0.889. The molecule has 5 heteroatoms. The van der Waals surface area contributed by atoms with Crippen molar-refractivity contribution in [1.82, 2.24) is 5.32 Å². The molecule has 0 aromatic heterocycles. The van der Waals surface area contributed by atoms with E-state index < -0.39 is 17.2 Å². The standard InChI is InChI=1S/C14H18F3NO/c1-4-13(2,3)12(19)18-9-10-6-5-7-11(8-10)14(15,16)17/h5-8H,4,9H2,1-3H3,(H,18,19). The lowest BCUT2D eigenvalue weighted by atomic mass is 9.89. The molecule has 106 valence electrons. The Morgan fingerprint density at radius 2 is 1.89 bits per heavy atom. The minimum absolute atomic E-state index is 0.103. The summed E-state index contributed by atoms with van der Waals surface area (Å²) in [5, 5.41) is 2.66. The van der Waals surface area contributed by atoms with Crippen molar-refractivity contribution >= 4 is 5.91 Å². The summed E-state index contributed by atoms with van der Waals surface area (Å²) in [6.07, 6.45) is -3.69. The number of hydrogen-bond donors (Lipinski definition) is 1. The number of carbonyl (C=O) groups is 1. The zero-order chi connectivity index (χ0) is 14.7. The Morgan fingerprint density at radius 1 is 1.26 bits per heavy atom. The van der Waals surface area contributed by atoms with Crippen molar-refractivity contribution < 1.29 is 18.0 Å². The lowest BCUT2D eigenvalue weighted by Crippen LogP contribution is -2.36. The Balaban J connectivity index is 2.72. The van der Waals surface area contributed by atoms with Crippen molar-refractivity contribution in [3.63, 3.8) is 0 Å². The molecule has 1 aromatic carbocycles. The van der Waals surface area contributed by atoms with E-state index in [0.717, 1.165) is 12.1 Å². The summed E-state index contributed by atoms with van der Waals surface area (Å²) in [6, 6.07) is 4.98. The molecule has 1 aromatic rings. The second-order valence-corrected chi connectivity index (χ2v) is 5.12. The lowest BCUT2D eigenvalue weighted by Gasteiger charge is -2.21. The fraction of sp³-hybridized carbons (Fsp3) is 0.500. The van der Waals surface area contributed by atoms with Crippen LogP contribution in [-0.4, -0.2) is 5.91 Å². The molecule has 1 N–H and O–H groups in total. The van der Waals surface area contributed by atoms with Crippen LogP contribution >= 0.6 is 0 Å². The highest BCUT2D eigenvalue weighted by molar-refractivity contribution is 5.81. The molecule has 19 heavy (non-hydrogen) atoms. The van der Waals surface area contributed by atoms with Crippen LogP contribution in [0.25, 0.3) is 0 Å². The molecule has 0 saturated heterocycles. The summed E-state index contributed by atoms with van der Waals surface area (Å²) in [7, 11) is 0. The highest BCUT2D eigenvalue weighted by Gasteiger charge is 2.30. The number of carbonyl (C=O) groups excluding carboxylic acids is 1. The first kappa shape index (κ1) is 15.5. The third kappa shape index (κ3) is 4.26. The summed E-state index contributed by atoms with van der Waals surface area (Å²) < 4.78 is 37.6. The van der Waals surface area contributed by atoms with Gasteiger partial charge < -0.3 is 5.32 Å². The van der Waals surface area contributed by atoms with Crippen molar-refractivity contribution in [2.24, 2.45) is 5.41 Å². The molecule has 0 bridgehead atoms. The van der Waals surface area contributed by atoms with Gasteiger partial charge in [-0.15, -0.1) is 0 Å². The van der Waals surface area contributed by atoms with E-state index in [4.69, 9.17) is 0 Å². The van der Waals surface area contributed by atoms with E-state index in [1.54, 1.807) is 19.9 Å². The van der Waals surface area contributed by atoms with Gasteiger partial charge in [0.05, 0.1) is 5.56 Å². The summed E-state index contributed by atoms with van der Waals surface area (Å²) in [5.74, 6) is -0.160. The summed E-state index contributed by atoms with van der Waals surface area (Å²) in [6.45, 7) is 5.60. The van der Waals surface area contributed by atoms with E-state index in [0.29, 0.717) is 12.0 Å². The minimum atomic E-state index is -4.36. The predicted molar refractivity (Wildman–Crippen MR) is 67.4 cm³/mol. The van der Waals surface area contributed by atoms with Crippen molar-refractivity contribution in [2.45, 2.75) is 39.9 Å². The second-order valence-electron chi connectivity index (χ2n) is 5.12. The van der Waals surface area contributed by atoms with E-state index in [1.165, 1.54) is 6.07 Å². The fourth-order valence-electron chi connectivity index (χ4n) is 1.44. The molecule has 0 spiro atoms. The van der Waals surface area contributed by atoms with Crippen LogP contribution in [0, 0.1) is 5.41 Å². The molecule has 0 unspecified atom stereocenters. The summed E-state index contributed by atoms with van der Waals surface area (Å²) in [4.78, 5) is 11.8. The average Bonchev–Trinajstić information content (AvgIpc) is 2.35. The van der Waals surface area contributed by atoms with Crippen LogP contribution in [0.1, 0.15) is 38.3 Å². The van der Waals surface area contributed by atoms with Gasteiger partial charge in [0.1, 0.15) is 0 Å². The first-order chi connectivity index (χ1) is 8.66. The van der Waals surface area contributed by atoms with E-state index in [1.807, 2.05) is 6.92 Å². The molecule has 1 amide bonds. The molecule has 0 aliphatic heterocycles. The average molecular weight is 273 g/mol. The fourth-order valence-corrected chi connectivity index (χ4v) is 1.44. The van der Waals surface area contributed by atoms with Gasteiger partial charge >= 0.3 is 6.18 Å². The third-order valence-corrected chi connectivity index (χ3v) is 3.21. The number of rotatable bonds is 4. The molecule has 1 rings (SSSR count). The Morgan fingerprint density at radius 3 is 2.42 bits per heavy atom. The highest BCUT2D eigenvalue weighted by Crippen LogP contribution is 2.29. The van der Waals surface area contributed by atoms with Gasteiger partial charge in [-0.05, 0) is 24.1 Å². The number of alkyl halides is 3. The van der Waals surface area contributed by atoms with Gasteiger partial charge in [0.2, 0.25) is 5.91 Å². The number of hydrogen-bond acceptors (Lipinski definition) is 1. The third-order valence-electron chi connectivity index (χ3n) is 3.21. The van der Waals surface area contributed by atoms with Crippen LogP contribution in [0.15, 0.2) is 24.3 Å². The molecular formula is C14H18F3NO. The Hall–Kier alpha value is -1.52. The first-order valence-corrected chi connectivity index (χ1v) is 6.11. The Labute approximate surface area is 111 Å². The predicted octanol–water partition coefficient (Wildman–Crippen LogP) is 3.76. The van der Waals surface area contributed by atoms with E-state index in [2.05, 4.69) is 5.32 Å². The normalized spacial score (nSPS) is 12.3. The molecule has 0 heterocycles. The molecule has 2 nitrogen and oxygen atoms in total. The zero-order valence-electron chi connectivity index (χ0n) is 11.3. The van der Waals surface area contributed by atoms with Crippen LogP contribution in [-0.2, 0) is 17.5 Å². The maximum absolute atomic E-state index is 12.5. The molecule has 0 saturated carbocycles. The molecule has 0 aliphatic rings. The van der Waals surface area contributed by atoms with Crippen molar-refractivity contribution in [2.75, 3.05) is 0 Å². The van der Waals surface area contributed by atoms with E-state index in [9.17, 15) is 18.0 Å². The minimum Gasteiger partial charge on any atom is -0.352 e. The van der Waals surface area contributed by atoms with Crippen LogP contribution in [0.3, 0.4) is 0 Å². The van der Waals surface area contributed by atoms with Crippen LogP contribution in [0.2, 0.25) is 0 Å². The zero-order valence-corrected chi connectivity index (χ0v) is 11.3. The largest absolute Gasteiger partial charge is 0.416 e. The van der Waals surface area contributed by atoms with Crippen molar-refractivity contribution in [1.29, 1.82) is 0 Å². The molecule has 0 aliphatic carbocycles. The van der Waals surface area contributed by atoms with Gasteiger partial charge in [-0.2, -0.15) is 13.2 Å². The molecule has 0 radical (unpaired) electrons. The number of amides is 1. The van der Waals surface area contributed by atoms with Crippen molar-refractivity contribution in [3.05, 3.63) is 35.4 Å². The van der Waals surface area contributed by atoms with Gasteiger partial charge in [0, 0.05) is 12.0 Å². The molecular weight excluding hydrogens is 255 g/mol. The lowest BCUT2D eigenvalue weighted by molar-refractivity contribution is -0.137. The monoisotopic (exact) mass is 273 g/mol. The molecule has 0 atom stereocenters. The van der Waals surface area contributed by atoms with Gasteiger partial charge in [0.25, 0.3) is 0 Å². The maximum atomic E-state index is 12.5. The number of nitrogens with one attached hydrogen (secondary N) is 1. The molecule has 0 fully saturated rings. The van der Waals surface area contributed by atoms with Crippen LogP contribution < -0.4 is 5.32 Å². The van der Waals surface area contributed by atoms with Crippen LogP contribution in [0.5, 0.6) is 0 Å². The SMILES string of the molecule is CCC(C)(C)C(=O)NCc1cccc(C(F)(F)F)c1. The van der Waals surface area contributed by atoms with Gasteiger partial charge in [0.15, 0.2) is 0 Å². The second kappa shape index (κ2) is 5.63. The number of benzene rings is 1. The Bertz CT molecular complexity index is 452. The van der Waals surface area contributed by atoms with Gasteiger partial charge in [-0.25, -0.2) is 0 Å². The Kier molecular flexibility index (Phi) is 4.61. The maximum Gasteiger partial charge on any atom is 0.416 e. The van der Waals surface area contributed by atoms with Crippen molar-refractivity contribution in [3.8, 4) is 0 Å². The summed E-state index contributed by atoms with van der Waals surface area (Å²) in [5.41, 5.74) is -0.772. The first-order valence-electron chi connectivity index (χ1n) is 6.11. The smallest absolute Gasteiger partial charge is 0.352 e. The van der Waals surface area contributed by atoms with Gasteiger partial charge in [-0.3, -0.25) is 4.79 Å².